The van der Waals surface area contributed by atoms with Crippen LogP contribution in [0.5, 0.6) is 0 Å². The third-order valence-corrected chi connectivity index (χ3v) is 2.81. The predicted molar refractivity (Wildman–Crippen MR) is 82.9 cm³/mol. The maximum atomic E-state index is 14.0. The van der Waals surface area contributed by atoms with Crippen molar-refractivity contribution in [2.75, 3.05) is 7.11 Å². The second-order valence-electron chi connectivity index (χ2n) is 6.00. The molecule has 0 bridgehead atoms. The van der Waals surface area contributed by atoms with Gasteiger partial charge in [0.2, 0.25) is 0 Å². The van der Waals surface area contributed by atoms with Gasteiger partial charge in [-0.15, -0.1) is 0 Å². The van der Waals surface area contributed by atoms with Gasteiger partial charge in [0.1, 0.15) is 17.5 Å². The Morgan fingerprint density at radius 2 is 2.04 bits per heavy atom. The van der Waals surface area contributed by atoms with E-state index in [1.165, 1.54) is 0 Å². The lowest BCUT2D eigenvalue weighted by molar-refractivity contribution is -0.143. The highest BCUT2D eigenvalue weighted by molar-refractivity contribution is 6.58. The molecule has 0 aliphatic heterocycles. The molecule has 1 heterocycles. The first-order chi connectivity index (χ1) is 11.0. The van der Waals surface area contributed by atoms with E-state index in [1.54, 1.807) is 20.8 Å². The highest BCUT2D eigenvalue weighted by Gasteiger charge is 2.27. The van der Waals surface area contributed by atoms with Crippen LogP contribution in [0.2, 0.25) is 0 Å². The topological polar surface area (TPSA) is 118 Å². The summed E-state index contributed by atoms with van der Waals surface area (Å²) in [5.74, 6) is -1.64. The molecule has 0 radical (unpaired) electrons. The van der Waals surface area contributed by atoms with E-state index in [4.69, 9.17) is 14.8 Å². The number of nitrogens with one attached hydrogen (secondary N) is 1. The largest absolute Gasteiger partial charge is 0.490 e. The molecule has 0 fully saturated rings. The number of esters is 1. The number of alkyl carbamates (subject to hydrolysis) is 1. The lowest BCUT2D eigenvalue weighted by Gasteiger charge is -2.22. The van der Waals surface area contributed by atoms with Gasteiger partial charge >= 0.3 is 19.2 Å². The standard InChI is InChI=1S/C14H20BFN2O6/c1-14(2,3)24-13(20)18-11(12(19)23-4)6-10-9(16)5-8(7-17-10)15(21)22/h5,7,11,21-22H,6H2,1-4H3,(H,18,20)/t11-/m0/s1. The highest BCUT2D eigenvalue weighted by atomic mass is 19.1. The Bertz CT molecular complexity index is 605. The maximum Gasteiger partial charge on any atom is 0.490 e. The van der Waals surface area contributed by atoms with E-state index in [0.29, 0.717) is 0 Å². The van der Waals surface area contributed by atoms with Gasteiger partial charge in [0.05, 0.1) is 12.8 Å². The first-order valence-corrected chi connectivity index (χ1v) is 7.11. The molecule has 24 heavy (non-hydrogen) atoms. The number of pyridine rings is 1. The summed E-state index contributed by atoms with van der Waals surface area (Å²) in [6.45, 7) is 4.96. The number of ether oxygens (including phenoxy) is 2. The van der Waals surface area contributed by atoms with Gasteiger partial charge in [-0.05, 0) is 26.8 Å². The molecule has 1 aromatic heterocycles. The van der Waals surface area contributed by atoms with Crippen LogP contribution in [-0.2, 0) is 20.7 Å². The molecule has 1 aromatic rings. The number of hydrogen-bond donors (Lipinski definition) is 3. The van der Waals surface area contributed by atoms with Crippen LogP contribution in [0.15, 0.2) is 12.3 Å². The number of carbonyl (C=O) groups is 2. The zero-order valence-corrected chi connectivity index (χ0v) is 13.9. The minimum Gasteiger partial charge on any atom is -0.467 e. The summed E-state index contributed by atoms with van der Waals surface area (Å²) in [7, 11) is -0.737. The van der Waals surface area contributed by atoms with E-state index in [2.05, 4.69) is 15.0 Å². The van der Waals surface area contributed by atoms with E-state index in [-0.39, 0.29) is 17.6 Å². The van der Waals surface area contributed by atoms with Gasteiger partial charge in [-0.2, -0.15) is 0 Å². The Labute approximate surface area is 139 Å². The van der Waals surface area contributed by atoms with Crippen LogP contribution in [0.25, 0.3) is 0 Å². The van der Waals surface area contributed by atoms with Crippen LogP contribution in [0.4, 0.5) is 9.18 Å². The molecular formula is C14H20BFN2O6. The van der Waals surface area contributed by atoms with Crippen LogP contribution in [-0.4, -0.2) is 53.0 Å². The fourth-order valence-corrected chi connectivity index (χ4v) is 1.75. The van der Waals surface area contributed by atoms with Gasteiger partial charge in [0, 0.05) is 18.1 Å². The van der Waals surface area contributed by atoms with Crippen molar-refractivity contribution in [1.82, 2.24) is 10.3 Å². The normalized spacial score (nSPS) is 12.3. The number of methoxy groups -OCH3 is 1. The van der Waals surface area contributed by atoms with E-state index < -0.39 is 36.6 Å². The van der Waals surface area contributed by atoms with Crippen molar-refractivity contribution in [2.45, 2.75) is 38.8 Å². The van der Waals surface area contributed by atoms with Crippen molar-refractivity contribution in [3.63, 3.8) is 0 Å². The summed E-state index contributed by atoms with van der Waals surface area (Å²) >= 11 is 0. The molecule has 0 aliphatic rings. The monoisotopic (exact) mass is 342 g/mol. The first kappa shape index (κ1) is 19.9. The number of amides is 1. The average molecular weight is 342 g/mol. The summed E-state index contributed by atoms with van der Waals surface area (Å²) in [5, 5.41) is 20.2. The second-order valence-corrected chi connectivity index (χ2v) is 6.00. The first-order valence-electron chi connectivity index (χ1n) is 7.11. The number of halogens is 1. The van der Waals surface area contributed by atoms with Gasteiger partial charge < -0.3 is 24.8 Å². The summed E-state index contributed by atoms with van der Waals surface area (Å²) < 4.78 is 23.6. The van der Waals surface area contributed by atoms with Gasteiger partial charge in [-0.1, -0.05) is 0 Å². The third-order valence-electron chi connectivity index (χ3n) is 2.81. The van der Waals surface area contributed by atoms with Crippen molar-refractivity contribution in [1.29, 1.82) is 0 Å². The molecule has 0 aliphatic carbocycles. The van der Waals surface area contributed by atoms with Crippen LogP contribution in [0.3, 0.4) is 0 Å². The van der Waals surface area contributed by atoms with Crippen LogP contribution in [0.1, 0.15) is 26.5 Å². The van der Waals surface area contributed by atoms with Crippen LogP contribution in [0, 0.1) is 5.82 Å². The van der Waals surface area contributed by atoms with Gasteiger partial charge in [0.25, 0.3) is 0 Å². The predicted octanol–water partition coefficient (Wildman–Crippen LogP) is -0.491. The van der Waals surface area contributed by atoms with E-state index >= 15 is 0 Å². The fraction of sp³-hybridized carbons (Fsp3) is 0.500. The van der Waals surface area contributed by atoms with Crippen molar-refractivity contribution < 1.29 is 33.5 Å². The van der Waals surface area contributed by atoms with Gasteiger partial charge in [0.15, 0.2) is 0 Å². The average Bonchev–Trinajstić information content (AvgIpc) is 2.45. The SMILES string of the molecule is COC(=O)[C@H](Cc1ncc(B(O)O)cc1F)NC(=O)OC(C)(C)C. The molecule has 1 amide bonds. The number of rotatable bonds is 5. The minimum absolute atomic E-state index is 0.133. The molecule has 132 valence electrons. The highest BCUT2D eigenvalue weighted by Crippen LogP contribution is 2.10. The lowest BCUT2D eigenvalue weighted by atomic mass is 9.81. The Balaban J connectivity index is 2.91. The molecular weight excluding hydrogens is 322 g/mol. The molecule has 0 aromatic carbocycles. The quantitative estimate of drug-likeness (QED) is 0.488. The zero-order valence-electron chi connectivity index (χ0n) is 13.9. The summed E-state index contributed by atoms with van der Waals surface area (Å²) in [6.07, 6.45) is -0.0922. The van der Waals surface area contributed by atoms with E-state index in [9.17, 15) is 14.0 Å². The second kappa shape index (κ2) is 8.07. The molecule has 10 heteroatoms. The Morgan fingerprint density at radius 3 is 2.50 bits per heavy atom. The molecule has 3 N–H and O–H groups in total. The molecule has 8 nitrogen and oxygen atoms in total. The summed E-state index contributed by atoms with van der Waals surface area (Å²) in [6, 6.07) is -0.328. The molecule has 0 saturated carbocycles. The number of hydrogen-bond acceptors (Lipinski definition) is 7. The van der Waals surface area contributed by atoms with Crippen molar-refractivity contribution >= 4 is 24.6 Å². The number of carbonyl (C=O) groups excluding carboxylic acids is 2. The smallest absolute Gasteiger partial charge is 0.467 e. The molecule has 0 spiro atoms. The summed E-state index contributed by atoms with van der Waals surface area (Å²) in [5.41, 5.74) is -1.05. The van der Waals surface area contributed by atoms with E-state index in [1.807, 2.05) is 0 Å². The Kier molecular flexibility index (Phi) is 6.67. The molecule has 0 saturated heterocycles. The maximum absolute atomic E-state index is 14.0. The molecule has 0 unspecified atom stereocenters. The van der Waals surface area contributed by atoms with Gasteiger partial charge in [-0.3, -0.25) is 4.98 Å². The van der Waals surface area contributed by atoms with E-state index in [0.717, 1.165) is 19.4 Å². The van der Waals surface area contributed by atoms with Crippen molar-refractivity contribution in [2.24, 2.45) is 0 Å². The number of nitrogens with zero attached hydrogens (tertiary/aromatic N) is 1. The number of aromatic nitrogens is 1. The van der Waals surface area contributed by atoms with Crippen LogP contribution >= 0.6 is 0 Å². The minimum atomic E-state index is -1.86. The zero-order chi connectivity index (χ0) is 18.5. The lowest BCUT2D eigenvalue weighted by Crippen LogP contribution is -2.45. The Hall–Kier alpha value is -2.20. The van der Waals surface area contributed by atoms with Crippen molar-refractivity contribution in [3.8, 4) is 0 Å². The third kappa shape index (κ3) is 6.13. The summed E-state index contributed by atoms with van der Waals surface area (Å²) in [4.78, 5) is 27.3. The van der Waals surface area contributed by atoms with Crippen molar-refractivity contribution in [3.05, 3.63) is 23.8 Å². The molecule has 1 atom stereocenters. The van der Waals surface area contributed by atoms with Crippen LogP contribution < -0.4 is 10.8 Å². The Morgan fingerprint density at radius 1 is 1.42 bits per heavy atom. The fourth-order valence-electron chi connectivity index (χ4n) is 1.75. The molecule has 1 rings (SSSR count). The van der Waals surface area contributed by atoms with Gasteiger partial charge in [-0.25, -0.2) is 14.0 Å².